The lowest BCUT2D eigenvalue weighted by Gasteiger charge is -2.24. The van der Waals surface area contributed by atoms with Gasteiger partial charge in [-0.1, -0.05) is 0 Å². The van der Waals surface area contributed by atoms with Crippen molar-refractivity contribution in [3.63, 3.8) is 0 Å². The van der Waals surface area contributed by atoms with Gasteiger partial charge in [0, 0.05) is 12.5 Å². The quantitative estimate of drug-likeness (QED) is 0.788. The number of carbonyl (C=O) groups excluding carboxylic acids is 2. The summed E-state index contributed by atoms with van der Waals surface area (Å²) in [7, 11) is 0. The fourth-order valence-corrected chi connectivity index (χ4v) is 2.34. The first kappa shape index (κ1) is 16.3. The van der Waals surface area contributed by atoms with Gasteiger partial charge in [0.2, 0.25) is 5.91 Å². The van der Waals surface area contributed by atoms with Crippen molar-refractivity contribution >= 4 is 11.9 Å². The van der Waals surface area contributed by atoms with Crippen molar-refractivity contribution in [1.82, 2.24) is 4.90 Å². The number of esters is 1. The van der Waals surface area contributed by atoms with Gasteiger partial charge in [-0.15, -0.1) is 0 Å². The molecule has 0 radical (unpaired) electrons. The van der Waals surface area contributed by atoms with E-state index in [9.17, 15) is 14.0 Å². The van der Waals surface area contributed by atoms with Crippen LogP contribution in [0.1, 0.15) is 43.6 Å². The minimum Gasteiger partial charge on any atom is -0.491 e. The molecule has 2 rings (SSSR count). The van der Waals surface area contributed by atoms with Gasteiger partial charge in [-0.2, -0.15) is 0 Å². The number of rotatable bonds is 2. The van der Waals surface area contributed by atoms with Crippen LogP contribution in [0.25, 0.3) is 0 Å². The third kappa shape index (κ3) is 3.37. The van der Waals surface area contributed by atoms with Crippen LogP contribution in [0.2, 0.25) is 0 Å². The molecule has 1 aromatic carbocycles. The maximum Gasteiger partial charge on any atom is 0.338 e. The number of fused-ring (bicyclic) bond motifs is 1. The summed E-state index contributed by atoms with van der Waals surface area (Å²) < 4.78 is 25.0. The van der Waals surface area contributed by atoms with E-state index < -0.39 is 11.8 Å². The third-order valence-corrected chi connectivity index (χ3v) is 3.48. The van der Waals surface area contributed by atoms with E-state index in [2.05, 4.69) is 0 Å². The van der Waals surface area contributed by atoms with Crippen molar-refractivity contribution < 1.29 is 23.5 Å². The summed E-state index contributed by atoms with van der Waals surface area (Å²) in [5.41, 5.74) is 0.384. The molecule has 120 valence electrons. The molecular weight excluding hydrogens is 289 g/mol. The van der Waals surface area contributed by atoms with Gasteiger partial charge in [-0.3, -0.25) is 4.79 Å². The molecule has 1 atom stereocenters. The van der Waals surface area contributed by atoms with Crippen molar-refractivity contribution in [3.8, 4) is 5.75 Å². The van der Waals surface area contributed by atoms with Crippen LogP contribution < -0.4 is 4.74 Å². The van der Waals surface area contributed by atoms with Crippen LogP contribution in [0.3, 0.4) is 0 Å². The van der Waals surface area contributed by atoms with Crippen LogP contribution in [0.4, 0.5) is 4.39 Å². The van der Waals surface area contributed by atoms with Crippen LogP contribution in [0.15, 0.2) is 12.1 Å². The standard InChI is InChI=1S/C16H20FNO4/c1-9(2)22-16(20)12-5-14(17)13-7-18(11(4)19)10(3)8-21-15(13)6-12/h5-6,9-10H,7-8H2,1-4H3/t10-/m0/s1. The van der Waals surface area contributed by atoms with Crippen LogP contribution in [-0.2, 0) is 16.1 Å². The monoisotopic (exact) mass is 309 g/mol. The van der Waals surface area contributed by atoms with Gasteiger partial charge in [0.25, 0.3) is 0 Å². The molecule has 22 heavy (non-hydrogen) atoms. The number of benzene rings is 1. The number of hydrogen-bond donors (Lipinski definition) is 0. The summed E-state index contributed by atoms with van der Waals surface area (Å²) in [4.78, 5) is 25.1. The topological polar surface area (TPSA) is 55.8 Å². The first-order chi connectivity index (χ1) is 10.3. The van der Waals surface area contributed by atoms with Gasteiger partial charge in [0.15, 0.2) is 0 Å². The minimum absolute atomic E-state index is 0.105. The van der Waals surface area contributed by atoms with E-state index in [1.807, 2.05) is 6.92 Å². The predicted octanol–water partition coefficient (Wildman–Crippen LogP) is 2.52. The molecule has 6 heteroatoms. The Morgan fingerprint density at radius 1 is 1.41 bits per heavy atom. The molecule has 0 aliphatic carbocycles. The van der Waals surface area contributed by atoms with Crippen molar-refractivity contribution in [2.45, 2.75) is 46.4 Å². The Balaban J connectivity index is 2.37. The summed E-state index contributed by atoms with van der Waals surface area (Å²) in [6, 6.07) is 2.43. The molecule has 1 heterocycles. The van der Waals surface area contributed by atoms with Gasteiger partial charge in [0.05, 0.1) is 24.3 Å². The Morgan fingerprint density at radius 2 is 2.09 bits per heavy atom. The van der Waals surface area contributed by atoms with Gasteiger partial charge in [-0.25, -0.2) is 9.18 Å². The van der Waals surface area contributed by atoms with E-state index in [-0.39, 0.29) is 48.1 Å². The number of amides is 1. The number of carbonyl (C=O) groups is 2. The molecule has 5 nitrogen and oxygen atoms in total. The van der Waals surface area contributed by atoms with Crippen molar-refractivity contribution in [1.29, 1.82) is 0 Å². The molecule has 0 saturated carbocycles. The largest absolute Gasteiger partial charge is 0.491 e. The highest BCUT2D eigenvalue weighted by atomic mass is 19.1. The van der Waals surface area contributed by atoms with E-state index in [4.69, 9.17) is 9.47 Å². The molecule has 0 spiro atoms. The Labute approximate surface area is 129 Å². The molecule has 0 bridgehead atoms. The summed E-state index contributed by atoms with van der Waals surface area (Å²) in [5, 5.41) is 0. The Bertz CT molecular complexity index is 600. The van der Waals surface area contributed by atoms with E-state index in [0.717, 1.165) is 6.07 Å². The summed E-state index contributed by atoms with van der Waals surface area (Å²) in [5.74, 6) is -1.03. The zero-order valence-corrected chi connectivity index (χ0v) is 13.2. The molecule has 0 aromatic heterocycles. The molecule has 1 aromatic rings. The number of nitrogens with zero attached hydrogens (tertiary/aromatic N) is 1. The van der Waals surface area contributed by atoms with Crippen molar-refractivity contribution in [2.24, 2.45) is 0 Å². The van der Waals surface area contributed by atoms with Crippen LogP contribution >= 0.6 is 0 Å². The van der Waals surface area contributed by atoms with Gasteiger partial charge in [-0.05, 0) is 32.9 Å². The highest BCUT2D eigenvalue weighted by molar-refractivity contribution is 5.90. The smallest absolute Gasteiger partial charge is 0.338 e. The molecule has 1 aliphatic heterocycles. The van der Waals surface area contributed by atoms with Crippen LogP contribution in [-0.4, -0.2) is 35.5 Å². The highest BCUT2D eigenvalue weighted by Crippen LogP contribution is 2.29. The maximum absolute atomic E-state index is 14.3. The zero-order chi connectivity index (χ0) is 16.4. The molecule has 1 aliphatic rings. The average molecular weight is 309 g/mol. The lowest BCUT2D eigenvalue weighted by atomic mass is 10.1. The molecular formula is C16H20FNO4. The Hall–Kier alpha value is -2.11. The second kappa shape index (κ2) is 6.34. The van der Waals surface area contributed by atoms with Gasteiger partial charge in [0.1, 0.15) is 18.2 Å². The Kier molecular flexibility index (Phi) is 4.68. The fourth-order valence-electron chi connectivity index (χ4n) is 2.34. The summed E-state index contributed by atoms with van der Waals surface area (Å²) in [6.07, 6.45) is -0.288. The predicted molar refractivity (Wildman–Crippen MR) is 78.1 cm³/mol. The zero-order valence-electron chi connectivity index (χ0n) is 13.2. The van der Waals surface area contributed by atoms with Crippen LogP contribution in [0, 0.1) is 5.82 Å². The number of hydrogen-bond acceptors (Lipinski definition) is 4. The second-order valence-electron chi connectivity index (χ2n) is 5.70. The highest BCUT2D eigenvalue weighted by Gasteiger charge is 2.27. The Morgan fingerprint density at radius 3 is 2.68 bits per heavy atom. The minimum atomic E-state index is -0.596. The molecule has 0 fully saturated rings. The molecule has 0 saturated heterocycles. The third-order valence-electron chi connectivity index (χ3n) is 3.48. The average Bonchev–Trinajstić information content (AvgIpc) is 2.58. The first-order valence-corrected chi connectivity index (χ1v) is 7.23. The molecule has 0 unspecified atom stereocenters. The van der Waals surface area contributed by atoms with Crippen LogP contribution in [0.5, 0.6) is 5.75 Å². The van der Waals surface area contributed by atoms with Gasteiger partial charge >= 0.3 is 5.97 Å². The van der Waals surface area contributed by atoms with E-state index >= 15 is 0 Å². The SMILES string of the molecule is CC(=O)N1Cc2c(F)cc(C(=O)OC(C)C)cc2OC[C@@H]1C. The lowest BCUT2D eigenvalue weighted by molar-refractivity contribution is -0.131. The summed E-state index contributed by atoms with van der Waals surface area (Å²) in [6.45, 7) is 7.08. The number of ether oxygens (including phenoxy) is 2. The normalized spacial score (nSPS) is 17.5. The van der Waals surface area contributed by atoms with Crippen molar-refractivity contribution in [3.05, 3.63) is 29.1 Å². The van der Waals surface area contributed by atoms with E-state index in [1.165, 1.54) is 13.0 Å². The summed E-state index contributed by atoms with van der Waals surface area (Å²) >= 11 is 0. The fraction of sp³-hybridized carbons (Fsp3) is 0.500. The molecule has 1 amide bonds. The van der Waals surface area contributed by atoms with E-state index in [0.29, 0.717) is 0 Å². The lowest BCUT2D eigenvalue weighted by Crippen LogP contribution is -2.38. The first-order valence-electron chi connectivity index (χ1n) is 7.23. The number of halogens is 1. The van der Waals surface area contributed by atoms with E-state index in [1.54, 1.807) is 18.7 Å². The second-order valence-corrected chi connectivity index (χ2v) is 5.70. The molecule has 0 N–H and O–H groups in total. The van der Waals surface area contributed by atoms with Gasteiger partial charge < -0.3 is 14.4 Å². The van der Waals surface area contributed by atoms with Crippen molar-refractivity contribution in [2.75, 3.05) is 6.61 Å². The maximum atomic E-state index is 14.3.